The van der Waals surface area contributed by atoms with Crippen molar-refractivity contribution in [2.75, 3.05) is 0 Å². The Labute approximate surface area is 565 Å². The Morgan fingerprint density at radius 3 is 0.670 bits per heavy atom. The summed E-state index contributed by atoms with van der Waals surface area (Å²) in [5.74, 6) is 1.80. The average molecular weight is 1230 g/mol. The van der Waals surface area contributed by atoms with E-state index in [9.17, 15) is 0 Å². The third kappa shape index (κ3) is 10.3. The molecule has 97 heavy (non-hydrogen) atoms. The van der Waals surface area contributed by atoms with Crippen LogP contribution in [0.3, 0.4) is 0 Å². The zero-order chi connectivity index (χ0) is 64.2. The highest BCUT2D eigenvalue weighted by molar-refractivity contribution is 5.96. The van der Waals surface area contributed by atoms with E-state index in [-0.39, 0.29) is 0 Å². The van der Waals surface area contributed by atoms with Gasteiger partial charge in [-0.15, -0.1) is 0 Å². The minimum Gasteiger partial charge on any atom is -0.208 e. The molecule has 0 radical (unpaired) electrons. The van der Waals surface area contributed by atoms with Gasteiger partial charge in [-0.2, -0.15) is 0 Å². The van der Waals surface area contributed by atoms with Gasteiger partial charge in [0.05, 0.1) is 5.41 Å². The van der Waals surface area contributed by atoms with Gasteiger partial charge in [0.25, 0.3) is 0 Å². The standard InChI is InChI=1S/C94H61N3/c1-3-20-62(21-4-1)68-24-13-26-70(54-68)64-44-48-66(49-45-64)91-95-92(67-50-46-65(47-51-67)71-27-15-29-73(56-71)72-28-14-25-69(55-72)63-22-5-2-6-23-63)97-93(96-91)82-37-19-36-80(60-82)78-34-17-32-76(58-78)74-30-16-31-75(57-74)77-33-18-35-79(59-77)81-52-53-86-85-40-9-12-43-89(85)94(90(86)61-81)87-41-10-7-38-83(87)84-39-8-11-42-88(84)94/h1-61H. The van der Waals surface area contributed by atoms with Crippen molar-refractivity contribution < 1.29 is 0 Å². The van der Waals surface area contributed by atoms with Gasteiger partial charge >= 0.3 is 0 Å². The topological polar surface area (TPSA) is 38.7 Å². The van der Waals surface area contributed by atoms with Crippen molar-refractivity contribution in [2.45, 2.75) is 5.41 Å². The molecule has 0 unspecified atom stereocenters. The Bertz CT molecular complexity index is 5630. The van der Waals surface area contributed by atoms with Crippen LogP contribution in [-0.2, 0) is 5.41 Å². The molecule has 2 aliphatic carbocycles. The normalized spacial score (nSPS) is 12.2. The second kappa shape index (κ2) is 24.0. The summed E-state index contributed by atoms with van der Waals surface area (Å²) in [5.41, 5.74) is 33.7. The van der Waals surface area contributed by atoms with Crippen molar-refractivity contribution in [1.82, 2.24) is 15.0 Å². The molecule has 15 aromatic carbocycles. The van der Waals surface area contributed by atoms with Crippen molar-refractivity contribution in [2.24, 2.45) is 0 Å². The molecule has 1 heterocycles. The van der Waals surface area contributed by atoms with E-state index in [1.807, 2.05) is 0 Å². The summed E-state index contributed by atoms with van der Waals surface area (Å²) in [6.45, 7) is 0. The van der Waals surface area contributed by atoms with Crippen molar-refractivity contribution in [3.63, 3.8) is 0 Å². The van der Waals surface area contributed by atoms with E-state index in [4.69, 9.17) is 15.0 Å². The van der Waals surface area contributed by atoms with Gasteiger partial charge in [-0.05, 0) is 193 Å². The Hall–Kier alpha value is -12.7. The molecule has 1 aromatic heterocycles. The Kier molecular flexibility index (Phi) is 14.1. The molecule has 0 aliphatic heterocycles. The first-order valence-corrected chi connectivity index (χ1v) is 33.3. The monoisotopic (exact) mass is 1230 g/mol. The maximum Gasteiger partial charge on any atom is 0.164 e. The molecular formula is C94H61N3. The minimum absolute atomic E-state index is 0.398. The summed E-state index contributed by atoms with van der Waals surface area (Å²) < 4.78 is 0. The van der Waals surface area contributed by atoms with Gasteiger partial charge in [-0.3, -0.25) is 0 Å². The van der Waals surface area contributed by atoms with E-state index in [2.05, 4.69) is 370 Å². The molecule has 0 amide bonds. The average Bonchev–Trinajstić information content (AvgIpc) is 1.51. The fourth-order valence-electron chi connectivity index (χ4n) is 15.0. The summed E-state index contributed by atoms with van der Waals surface area (Å²) in [7, 11) is 0. The summed E-state index contributed by atoms with van der Waals surface area (Å²) in [4.78, 5) is 15.8. The lowest BCUT2D eigenvalue weighted by atomic mass is 9.70. The van der Waals surface area contributed by atoms with E-state index in [0.717, 1.165) is 72.3 Å². The Morgan fingerprint density at radius 1 is 0.134 bits per heavy atom. The highest BCUT2D eigenvalue weighted by Crippen LogP contribution is 2.63. The summed E-state index contributed by atoms with van der Waals surface area (Å²) in [6.07, 6.45) is 0. The second-order valence-electron chi connectivity index (χ2n) is 25.4. The van der Waals surface area contributed by atoms with E-state index < -0.39 is 5.41 Å². The molecule has 0 atom stereocenters. The molecule has 0 N–H and O–H groups in total. The predicted octanol–water partition coefficient (Wildman–Crippen LogP) is 24.2. The van der Waals surface area contributed by atoms with E-state index in [1.165, 1.54) is 89.0 Å². The second-order valence-corrected chi connectivity index (χ2v) is 25.4. The number of hydrogen-bond donors (Lipinski definition) is 0. The quantitative estimate of drug-likeness (QED) is 0.122. The van der Waals surface area contributed by atoms with E-state index in [0.29, 0.717) is 17.5 Å². The van der Waals surface area contributed by atoms with Crippen LogP contribution in [-0.4, -0.2) is 15.0 Å². The van der Waals surface area contributed by atoms with E-state index in [1.54, 1.807) is 0 Å². The zero-order valence-corrected chi connectivity index (χ0v) is 53.1. The molecule has 0 fully saturated rings. The first kappa shape index (κ1) is 57.0. The molecule has 3 heteroatoms. The molecule has 0 saturated carbocycles. The third-order valence-electron chi connectivity index (χ3n) is 19.8. The van der Waals surface area contributed by atoms with Gasteiger partial charge in [0.1, 0.15) is 0 Å². The molecule has 2 aliphatic rings. The van der Waals surface area contributed by atoms with Crippen molar-refractivity contribution >= 4 is 0 Å². The van der Waals surface area contributed by atoms with Gasteiger partial charge in [-0.25, -0.2) is 15.0 Å². The first-order valence-electron chi connectivity index (χ1n) is 33.3. The number of nitrogens with zero attached hydrogens (tertiary/aromatic N) is 3. The lowest BCUT2D eigenvalue weighted by Crippen LogP contribution is -2.25. The van der Waals surface area contributed by atoms with Crippen LogP contribution in [0, 0.1) is 0 Å². The van der Waals surface area contributed by atoms with Crippen LogP contribution < -0.4 is 0 Å². The lowest BCUT2D eigenvalue weighted by molar-refractivity contribution is 0.794. The third-order valence-corrected chi connectivity index (χ3v) is 19.8. The van der Waals surface area contributed by atoms with Crippen LogP contribution in [0.4, 0.5) is 0 Å². The minimum atomic E-state index is -0.398. The smallest absolute Gasteiger partial charge is 0.164 e. The van der Waals surface area contributed by atoms with Crippen LogP contribution in [0.15, 0.2) is 370 Å². The Balaban J connectivity index is 0.660. The van der Waals surface area contributed by atoms with Gasteiger partial charge in [0.2, 0.25) is 0 Å². The first-order chi connectivity index (χ1) is 48.0. The van der Waals surface area contributed by atoms with Crippen LogP contribution >= 0.6 is 0 Å². The SMILES string of the molecule is c1ccc(-c2cccc(-c3ccc(-c4nc(-c5ccc(-c6cccc(-c7cccc(-c8ccccc8)c7)c6)cc5)nc(-c5cccc(-c6cccc(-c7cccc(-c8cccc(-c9ccc%10c(c9)C9(c%11ccccc%11-c%11ccccc%119)c9ccccc9-%10)c8)c7)c6)c5)n4)cc3)c2)cc1. The molecular weight excluding hydrogens is 1170 g/mol. The van der Waals surface area contributed by atoms with Crippen molar-refractivity contribution in [3.05, 3.63) is 392 Å². The molecule has 0 bridgehead atoms. The van der Waals surface area contributed by atoms with Crippen LogP contribution in [0.1, 0.15) is 22.3 Å². The molecule has 452 valence electrons. The molecule has 1 spiro atoms. The largest absolute Gasteiger partial charge is 0.208 e. The summed E-state index contributed by atoms with van der Waals surface area (Å²) >= 11 is 0. The molecule has 0 saturated heterocycles. The molecule has 16 aromatic rings. The summed E-state index contributed by atoms with van der Waals surface area (Å²) in [5, 5.41) is 0. The number of benzene rings is 15. The van der Waals surface area contributed by atoms with Gasteiger partial charge in [0, 0.05) is 16.7 Å². The van der Waals surface area contributed by atoms with E-state index >= 15 is 0 Å². The lowest BCUT2D eigenvalue weighted by Gasteiger charge is -2.30. The number of aromatic nitrogens is 3. The molecule has 18 rings (SSSR count). The highest BCUT2D eigenvalue weighted by atomic mass is 15.0. The molecule has 3 nitrogen and oxygen atoms in total. The fraction of sp³-hybridized carbons (Fsp3) is 0.0106. The highest BCUT2D eigenvalue weighted by Gasteiger charge is 2.51. The number of fused-ring (bicyclic) bond motifs is 10. The van der Waals surface area contributed by atoms with Crippen LogP contribution in [0.5, 0.6) is 0 Å². The van der Waals surface area contributed by atoms with Gasteiger partial charge < -0.3 is 0 Å². The van der Waals surface area contributed by atoms with Crippen molar-refractivity contribution in [3.8, 4) is 157 Å². The maximum atomic E-state index is 5.29. The van der Waals surface area contributed by atoms with Gasteiger partial charge in [0.15, 0.2) is 17.5 Å². The van der Waals surface area contributed by atoms with Crippen molar-refractivity contribution in [1.29, 1.82) is 0 Å². The van der Waals surface area contributed by atoms with Crippen LogP contribution in [0.25, 0.3) is 157 Å². The number of hydrogen-bond acceptors (Lipinski definition) is 3. The zero-order valence-electron chi connectivity index (χ0n) is 53.1. The fourth-order valence-corrected chi connectivity index (χ4v) is 15.0. The Morgan fingerprint density at radius 2 is 0.340 bits per heavy atom. The maximum absolute atomic E-state index is 5.29. The number of rotatable bonds is 12. The van der Waals surface area contributed by atoms with Crippen LogP contribution in [0.2, 0.25) is 0 Å². The summed E-state index contributed by atoms with van der Waals surface area (Å²) in [6, 6.07) is 134. The van der Waals surface area contributed by atoms with Gasteiger partial charge in [-0.1, -0.05) is 322 Å². The predicted molar refractivity (Wildman–Crippen MR) is 401 cm³/mol.